The summed E-state index contributed by atoms with van der Waals surface area (Å²) in [6.45, 7) is 2.38. The first-order valence-corrected chi connectivity index (χ1v) is 12.7. The van der Waals surface area contributed by atoms with Crippen molar-refractivity contribution < 1.29 is 4.39 Å². The Morgan fingerprint density at radius 3 is 2.64 bits per heavy atom. The maximum Gasteiger partial charge on any atom is 0.164 e. The second kappa shape index (κ2) is 8.11. The van der Waals surface area contributed by atoms with Crippen molar-refractivity contribution in [3.63, 3.8) is 0 Å². The topological polar surface area (TPSA) is 84.3 Å². The fourth-order valence-electron chi connectivity index (χ4n) is 6.47. The van der Waals surface area contributed by atoms with Gasteiger partial charge < -0.3 is 14.9 Å². The minimum absolute atomic E-state index is 0.383. The zero-order chi connectivity index (χ0) is 24.4. The van der Waals surface area contributed by atoms with Gasteiger partial charge >= 0.3 is 0 Å². The summed E-state index contributed by atoms with van der Waals surface area (Å²) in [6, 6.07) is 8.12. The Morgan fingerprint density at radius 1 is 1.03 bits per heavy atom. The fraction of sp³-hybridized carbons (Fsp3) is 0.357. The van der Waals surface area contributed by atoms with Crippen LogP contribution in [0.15, 0.2) is 49.1 Å². The van der Waals surface area contributed by atoms with Gasteiger partial charge in [0.2, 0.25) is 0 Å². The van der Waals surface area contributed by atoms with Crippen LogP contribution in [0.25, 0.3) is 44.7 Å². The number of halogens is 1. The Hall–Kier alpha value is -3.81. The number of pyridine rings is 1. The predicted octanol–water partition coefficient (Wildman–Crippen LogP) is 5.95. The van der Waals surface area contributed by atoms with Crippen LogP contribution in [0.4, 0.5) is 10.2 Å². The van der Waals surface area contributed by atoms with Gasteiger partial charge in [0.25, 0.3) is 0 Å². The van der Waals surface area contributed by atoms with Gasteiger partial charge in [0.1, 0.15) is 23.1 Å². The van der Waals surface area contributed by atoms with Crippen molar-refractivity contribution in [3.8, 4) is 22.8 Å². The third-order valence-corrected chi connectivity index (χ3v) is 8.45. The number of anilines is 1. The number of nitrogens with zero attached hydrogens (tertiary/aromatic N) is 5. The van der Waals surface area contributed by atoms with Crippen LogP contribution in [0.2, 0.25) is 0 Å². The standard InChI is InChI=1S/C28H28FN7/c1-15-16-3-5-17(6-4-16)24(15)34-26-20-8-7-18(28-30-9-10-36(28)2)11-23(20)33-27(35-26)22-14-32-25-21(22)12-19(29)13-31-25/h7-17,24H,3-6H2,1-2H3,(H,31,32)(H,33,34,35). The quantitative estimate of drug-likeness (QED) is 0.331. The largest absolute Gasteiger partial charge is 0.366 e. The maximum atomic E-state index is 14.1. The molecule has 2 unspecified atom stereocenters. The first kappa shape index (κ1) is 21.5. The molecule has 3 aliphatic carbocycles. The molecule has 182 valence electrons. The summed E-state index contributed by atoms with van der Waals surface area (Å²) in [5.74, 6) is 3.92. The van der Waals surface area contributed by atoms with Gasteiger partial charge in [-0.3, -0.25) is 0 Å². The highest BCUT2D eigenvalue weighted by atomic mass is 19.1. The van der Waals surface area contributed by atoms with E-state index in [1.807, 2.05) is 24.0 Å². The minimum atomic E-state index is -0.383. The average molecular weight is 482 g/mol. The van der Waals surface area contributed by atoms with E-state index in [4.69, 9.17) is 9.97 Å². The number of nitrogens with one attached hydrogen (secondary N) is 2. The zero-order valence-electron chi connectivity index (χ0n) is 20.4. The van der Waals surface area contributed by atoms with Gasteiger partial charge in [-0.05, 0) is 61.6 Å². The van der Waals surface area contributed by atoms with Crippen molar-refractivity contribution in [1.29, 1.82) is 0 Å². The molecule has 36 heavy (non-hydrogen) atoms. The number of hydrogen-bond acceptors (Lipinski definition) is 5. The van der Waals surface area contributed by atoms with E-state index in [1.165, 1.54) is 37.9 Å². The summed E-state index contributed by atoms with van der Waals surface area (Å²) < 4.78 is 16.1. The molecule has 3 fully saturated rings. The van der Waals surface area contributed by atoms with E-state index in [0.29, 0.717) is 34.7 Å². The summed E-state index contributed by atoms with van der Waals surface area (Å²) >= 11 is 0. The van der Waals surface area contributed by atoms with Crippen molar-refractivity contribution in [3.05, 3.63) is 54.9 Å². The summed E-state index contributed by atoms with van der Waals surface area (Å²) in [7, 11) is 1.98. The van der Waals surface area contributed by atoms with Crippen LogP contribution in [-0.4, -0.2) is 35.5 Å². The molecular weight excluding hydrogens is 453 g/mol. The summed E-state index contributed by atoms with van der Waals surface area (Å²) in [5.41, 5.74) is 3.17. The zero-order valence-corrected chi connectivity index (χ0v) is 20.4. The lowest BCUT2D eigenvalue weighted by Crippen LogP contribution is -2.47. The number of H-pyrrole nitrogens is 1. The van der Waals surface area contributed by atoms with Gasteiger partial charge in [0.15, 0.2) is 5.82 Å². The molecule has 5 aromatic rings. The number of fused-ring (bicyclic) bond motifs is 5. The first-order chi connectivity index (χ1) is 17.5. The van der Waals surface area contributed by atoms with Crippen LogP contribution in [0.3, 0.4) is 0 Å². The lowest BCUT2D eigenvalue weighted by atomic mass is 9.62. The summed E-state index contributed by atoms with van der Waals surface area (Å²) in [6.07, 6.45) is 12.0. The Bertz CT molecular complexity index is 1590. The highest BCUT2D eigenvalue weighted by molar-refractivity contribution is 5.96. The monoisotopic (exact) mass is 481 g/mol. The number of hydrogen-bond donors (Lipinski definition) is 2. The lowest BCUT2D eigenvalue weighted by molar-refractivity contribution is 0.0929. The summed E-state index contributed by atoms with van der Waals surface area (Å²) in [5, 5.41) is 5.51. The molecule has 8 rings (SSSR count). The van der Waals surface area contributed by atoms with E-state index >= 15 is 0 Å². The SMILES string of the molecule is CC1C2CCC(CC2)C1Nc1nc(-c2c[nH]c3ncc(F)cc23)nc2cc(-c3nccn3C)ccc12. The van der Waals surface area contributed by atoms with E-state index in [2.05, 4.69) is 45.4 Å². The minimum Gasteiger partial charge on any atom is -0.366 e. The van der Waals surface area contributed by atoms with Crippen molar-refractivity contribution in [2.75, 3.05) is 5.32 Å². The number of aromatic nitrogens is 6. The van der Waals surface area contributed by atoms with Crippen LogP contribution in [0.5, 0.6) is 0 Å². The highest BCUT2D eigenvalue weighted by Gasteiger charge is 2.41. The van der Waals surface area contributed by atoms with Crippen LogP contribution >= 0.6 is 0 Å². The number of benzene rings is 1. The van der Waals surface area contributed by atoms with Crippen molar-refractivity contribution in [1.82, 2.24) is 29.5 Å². The molecule has 3 aliphatic rings. The fourth-order valence-corrected chi connectivity index (χ4v) is 6.47. The highest BCUT2D eigenvalue weighted by Crippen LogP contribution is 2.46. The van der Waals surface area contributed by atoms with Crippen LogP contribution in [-0.2, 0) is 7.05 Å². The molecule has 0 amide bonds. The molecule has 7 nitrogen and oxygen atoms in total. The maximum absolute atomic E-state index is 14.1. The van der Waals surface area contributed by atoms with Gasteiger partial charge in [-0.1, -0.05) is 13.0 Å². The summed E-state index contributed by atoms with van der Waals surface area (Å²) in [4.78, 5) is 21.8. The van der Waals surface area contributed by atoms with Gasteiger partial charge in [-0.15, -0.1) is 0 Å². The van der Waals surface area contributed by atoms with E-state index < -0.39 is 0 Å². The molecule has 1 aromatic carbocycles. The van der Waals surface area contributed by atoms with Crippen LogP contribution < -0.4 is 5.32 Å². The molecule has 4 aromatic heterocycles. The number of aryl methyl sites for hydroxylation is 1. The molecule has 2 N–H and O–H groups in total. The third kappa shape index (κ3) is 3.38. The Kier molecular flexibility index (Phi) is 4.84. The smallest absolute Gasteiger partial charge is 0.164 e. The molecule has 8 heteroatoms. The van der Waals surface area contributed by atoms with Gasteiger partial charge in [-0.25, -0.2) is 24.3 Å². The van der Waals surface area contributed by atoms with Crippen molar-refractivity contribution >= 4 is 27.8 Å². The van der Waals surface area contributed by atoms with Crippen LogP contribution in [0, 0.1) is 23.6 Å². The number of rotatable bonds is 4. The molecule has 0 radical (unpaired) electrons. The van der Waals surface area contributed by atoms with E-state index in [9.17, 15) is 4.39 Å². The number of aromatic amines is 1. The van der Waals surface area contributed by atoms with Crippen LogP contribution in [0.1, 0.15) is 32.6 Å². The average Bonchev–Trinajstić information content (AvgIpc) is 3.51. The second-order valence-electron chi connectivity index (χ2n) is 10.4. The molecular formula is C28H28FN7. The number of imidazole rings is 1. The Morgan fingerprint density at radius 2 is 1.86 bits per heavy atom. The first-order valence-electron chi connectivity index (χ1n) is 12.7. The Balaban J connectivity index is 1.40. The molecule has 3 saturated carbocycles. The molecule has 0 spiro atoms. The van der Waals surface area contributed by atoms with Gasteiger partial charge in [0.05, 0.1) is 11.7 Å². The van der Waals surface area contributed by atoms with E-state index in [0.717, 1.165) is 39.6 Å². The van der Waals surface area contributed by atoms with Gasteiger partial charge in [0, 0.05) is 53.6 Å². The van der Waals surface area contributed by atoms with E-state index in [-0.39, 0.29) is 5.82 Å². The third-order valence-electron chi connectivity index (χ3n) is 8.45. The normalized spacial score (nSPS) is 23.5. The molecule has 2 bridgehead atoms. The second-order valence-corrected chi connectivity index (χ2v) is 10.4. The predicted molar refractivity (Wildman–Crippen MR) is 139 cm³/mol. The van der Waals surface area contributed by atoms with E-state index in [1.54, 1.807) is 6.20 Å². The molecule has 0 saturated heterocycles. The molecule has 0 aliphatic heterocycles. The Labute approximate surface area is 208 Å². The van der Waals surface area contributed by atoms with Crippen molar-refractivity contribution in [2.45, 2.75) is 38.6 Å². The molecule has 2 atom stereocenters. The van der Waals surface area contributed by atoms with Crippen molar-refractivity contribution in [2.24, 2.45) is 24.8 Å². The van der Waals surface area contributed by atoms with Gasteiger partial charge in [-0.2, -0.15) is 0 Å². The lowest BCUT2D eigenvalue weighted by Gasteiger charge is -2.47. The molecule has 4 heterocycles.